The van der Waals surface area contributed by atoms with Gasteiger partial charge in [-0.25, -0.2) is 9.97 Å². The van der Waals surface area contributed by atoms with E-state index in [1.807, 2.05) is 60.7 Å². The molecule has 3 aromatic carbocycles. The fourth-order valence-corrected chi connectivity index (χ4v) is 4.63. The number of ether oxygens (including phenoxy) is 1. The van der Waals surface area contributed by atoms with Gasteiger partial charge in [-0.3, -0.25) is 4.57 Å². The molecule has 162 valence electrons. The molecule has 5 atom stereocenters. The number of aliphatic hydroxyl groups is 4. The second-order valence-corrected chi connectivity index (χ2v) is 8.19. The van der Waals surface area contributed by atoms with Crippen LogP contribution < -0.4 is 0 Å². The van der Waals surface area contributed by atoms with E-state index >= 15 is 0 Å². The molecule has 8 heteroatoms. The van der Waals surface area contributed by atoms with Crippen LogP contribution in [0.1, 0.15) is 6.23 Å². The molecule has 32 heavy (non-hydrogen) atoms. The maximum absolute atomic E-state index is 10.8. The van der Waals surface area contributed by atoms with Crippen LogP contribution >= 0.6 is 0 Å². The first kappa shape index (κ1) is 19.5. The average molecular weight is 431 g/mol. The van der Waals surface area contributed by atoms with Gasteiger partial charge >= 0.3 is 0 Å². The lowest BCUT2D eigenvalue weighted by atomic mass is 9.98. The van der Waals surface area contributed by atoms with Gasteiger partial charge in [0, 0.05) is 5.39 Å². The summed E-state index contributed by atoms with van der Waals surface area (Å²) in [7, 11) is 0. The molecule has 1 aliphatic rings. The van der Waals surface area contributed by atoms with Gasteiger partial charge in [-0.15, -0.1) is 0 Å². The van der Waals surface area contributed by atoms with Crippen LogP contribution in [0.4, 0.5) is 0 Å². The van der Waals surface area contributed by atoms with E-state index in [1.54, 1.807) is 4.57 Å². The Kier molecular flexibility index (Phi) is 4.39. The lowest BCUT2D eigenvalue weighted by Gasteiger charge is -2.40. The maximum Gasteiger partial charge on any atom is 0.165 e. The minimum absolute atomic E-state index is 0.485. The van der Waals surface area contributed by atoms with Gasteiger partial charge in [0.25, 0.3) is 0 Å². The molecule has 0 radical (unpaired) electrons. The van der Waals surface area contributed by atoms with Crippen molar-refractivity contribution in [3.05, 3.63) is 60.7 Å². The monoisotopic (exact) mass is 431 g/mol. The predicted octanol–water partition coefficient (Wildman–Crippen LogP) is 1.86. The zero-order valence-corrected chi connectivity index (χ0v) is 16.9. The Morgan fingerprint density at radius 3 is 2.19 bits per heavy atom. The van der Waals surface area contributed by atoms with E-state index in [1.165, 1.54) is 0 Å². The normalized spacial score (nSPS) is 26.4. The largest absolute Gasteiger partial charge is 0.394 e. The summed E-state index contributed by atoms with van der Waals surface area (Å²) in [6.45, 7) is -0.501. The third-order valence-corrected chi connectivity index (χ3v) is 6.28. The summed E-state index contributed by atoms with van der Waals surface area (Å²) in [4.78, 5) is 9.76. The third kappa shape index (κ3) is 2.75. The average Bonchev–Trinajstić information content (AvgIpc) is 3.13. The highest BCUT2D eigenvalue weighted by Gasteiger charge is 2.45. The minimum atomic E-state index is -1.49. The van der Waals surface area contributed by atoms with Gasteiger partial charge in [-0.1, -0.05) is 42.5 Å². The van der Waals surface area contributed by atoms with Gasteiger partial charge in [0.05, 0.1) is 23.2 Å². The SMILES string of the molecule is OC[C@H]1O[C@@H](n2c3ccccc3c3nc4cc5ccccc5cc4nc32)[C@@H](O)[C@@H](O)[C@@H]1O. The predicted molar refractivity (Wildman–Crippen MR) is 119 cm³/mol. The van der Waals surface area contributed by atoms with Gasteiger partial charge in [-0.2, -0.15) is 0 Å². The number of fused-ring (bicyclic) bond motifs is 5. The first-order chi connectivity index (χ1) is 15.6. The molecular weight excluding hydrogens is 410 g/mol. The highest BCUT2D eigenvalue weighted by Crippen LogP contribution is 2.37. The van der Waals surface area contributed by atoms with E-state index in [0.29, 0.717) is 22.2 Å². The number of aliphatic hydroxyl groups excluding tert-OH is 4. The van der Waals surface area contributed by atoms with Crippen molar-refractivity contribution in [1.82, 2.24) is 14.5 Å². The Bertz CT molecular complexity index is 1480. The van der Waals surface area contributed by atoms with Gasteiger partial charge in [0.2, 0.25) is 0 Å². The van der Waals surface area contributed by atoms with Crippen molar-refractivity contribution >= 4 is 43.9 Å². The molecule has 3 heterocycles. The first-order valence-corrected chi connectivity index (χ1v) is 10.5. The van der Waals surface area contributed by atoms with Gasteiger partial charge in [-0.05, 0) is 29.0 Å². The van der Waals surface area contributed by atoms with Crippen LogP contribution in [0.3, 0.4) is 0 Å². The lowest BCUT2D eigenvalue weighted by Crippen LogP contribution is -2.56. The highest BCUT2D eigenvalue weighted by atomic mass is 16.6. The van der Waals surface area contributed by atoms with Crippen molar-refractivity contribution in [2.24, 2.45) is 0 Å². The van der Waals surface area contributed by atoms with Gasteiger partial charge < -0.3 is 25.2 Å². The Balaban J connectivity index is 1.66. The minimum Gasteiger partial charge on any atom is -0.394 e. The zero-order valence-electron chi connectivity index (χ0n) is 16.9. The van der Waals surface area contributed by atoms with Crippen molar-refractivity contribution in [2.75, 3.05) is 6.61 Å². The van der Waals surface area contributed by atoms with Crippen molar-refractivity contribution < 1.29 is 25.2 Å². The van der Waals surface area contributed by atoms with Gasteiger partial charge in [0.15, 0.2) is 11.9 Å². The topological polar surface area (TPSA) is 121 Å². The smallest absolute Gasteiger partial charge is 0.165 e. The lowest BCUT2D eigenvalue weighted by molar-refractivity contribution is -0.249. The van der Waals surface area contributed by atoms with E-state index < -0.39 is 37.3 Å². The van der Waals surface area contributed by atoms with Crippen LogP contribution in [0.25, 0.3) is 43.9 Å². The second-order valence-electron chi connectivity index (χ2n) is 8.19. The van der Waals surface area contributed by atoms with Crippen LogP contribution in [0, 0.1) is 0 Å². The highest BCUT2D eigenvalue weighted by molar-refractivity contribution is 6.07. The van der Waals surface area contributed by atoms with Crippen LogP contribution in [0.5, 0.6) is 0 Å². The van der Waals surface area contributed by atoms with Crippen molar-refractivity contribution in [3.8, 4) is 0 Å². The Morgan fingerprint density at radius 1 is 0.812 bits per heavy atom. The van der Waals surface area contributed by atoms with Crippen molar-refractivity contribution in [1.29, 1.82) is 0 Å². The maximum atomic E-state index is 10.8. The Hall–Kier alpha value is -3.14. The molecule has 4 N–H and O–H groups in total. The standard InChI is InChI=1S/C24H21N3O5/c28-11-18-20(29)21(30)22(31)24(32-18)27-17-8-4-3-7-14(17)19-23(27)26-16-10-13-6-2-1-5-12(13)9-15(16)25-19/h1-10,18,20-22,24,28-31H,11H2/t18-,20-,21+,22+,24-/m1/s1. The molecule has 1 saturated heterocycles. The molecule has 0 saturated carbocycles. The summed E-state index contributed by atoms with van der Waals surface area (Å²) in [5.74, 6) is 0. The van der Waals surface area contributed by atoms with Crippen LogP contribution in [-0.2, 0) is 4.74 Å². The van der Waals surface area contributed by atoms with Gasteiger partial charge in [0.1, 0.15) is 29.9 Å². The number of benzene rings is 3. The Morgan fingerprint density at radius 2 is 1.47 bits per heavy atom. The summed E-state index contributed by atoms with van der Waals surface area (Å²) in [5, 5.41) is 43.9. The molecule has 0 aliphatic carbocycles. The Labute approximate surface area is 181 Å². The molecule has 5 aromatic rings. The van der Waals surface area contributed by atoms with Crippen LogP contribution in [0.15, 0.2) is 60.7 Å². The summed E-state index contributed by atoms with van der Waals surface area (Å²) in [6.07, 6.45) is -6.44. The number of aromatic nitrogens is 3. The summed E-state index contributed by atoms with van der Waals surface area (Å²) in [6, 6.07) is 19.5. The van der Waals surface area contributed by atoms with E-state index in [9.17, 15) is 20.4 Å². The fourth-order valence-electron chi connectivity index (χ4n) is 4.63. The number of hydrogen-bond donors (Lipinski definition) is 4. The van der Waals surface area contributed by atoms with E-state index in [0.717, 1.165) is 21.7 Å². The quantitative estimate of drug-likeness (QED) is 0.315. The molecule has 1 fully saturated rings. The third-order valence-electron chi connectivity index (χ3n) is 6.28. The van der Waals surface area contributed by atoms with E-state index in [4.69, 9.17) is 14.7 Å². The van der Waals surface area contributed by atoms with Crippen molar-refractivity contribution in [3.63, 3.8) is 0 Å². The molecule has 0 amide bonds. The number of rotatable bonds is 2. The summed E-state index contributed by atoms with van der Waals surface area (Å²) in [5.41, 5.74) is 3.27. The molecule has 0 bridgehead atoms. The second kappa shape index (κ2) is 7.19. The zero-order chi connectivity index (χ0) is 22.0. The molecule has 2 aromatic heterocycles. The molecule has 1 aliphatic heterocycles. The molecule has 8 nitrogen and oxygen atoms in total. The number of nitrogens with zero attached hydrogens (tertiary/aromatic N) is 3. The first-order valence-electron chi connectivity index (χ1n) is 10.5. The molecule has 0 unspecified atom stereocenters. The molecule has 6 rings (SSSR count). The molecule has 0 spiro atoms. The van der Waals surface area contributed by atoms with Crippen LogP contribution in [0.2, 0.25) is 0 Å². The summed E-state index contributed by atoms with van der Waals surface area (Å²) >= 11 is 0. The van der Waals surface area contributed by atoms with E-state index in [-0.39, 0.29) is 0 Å². The van der Waals surface area contributed by atoms with E-state index in [2.05, 4.69) is 0 Å². The number of hydrogen-bond acceptors (Lipinski definition) is 7. The van der Waals surface area contributed by atoms with Crippen LogP contribution in [-0.4, -0.2) is 66.0 Å². The fraction of sp³-hybridized carbons (Fsp3) is 0.250. The van der Waals surface area contributed by atoms with Crippen molar-refractivity contribution in [2.45, 2.75) is 30.6 Å². The number of para-hydroxylation sites is 1. The molecular formula is C24H21N3O5. The summed E-state index contributed by atoms with van der Waals surface area (Å²) < 4.78 is 7.55.